The molecule has 0 saturated carbocycles. The lowest BCUT2D eigenvalue weighted by atomic mass is 9.85. The van der Waals surface area contributed by atoms with Gasteiger partial charge in [-0.05, 0) is 18.4 Å². The molecule has 0 aromatic rings. The number of allylic oxidation sites excluding steroid dienone is 4. The Labute approximate surface area is 104 Å². The number of hydrogen-bond donors (Lipinski definition) is 0. The van der Waals surface area contributed by atoms with Crippen LogP contribution in [0.15, 0.2) is 23.8 Å². The maximum atomic E-state index is 13.3. The van der Waals surface area contributed by atoms with Crippen molar-refractivity contribution in [3.8, 4) is 11.5 Å². The summed E-state index contributed by atoms with van der Waals surface area (Å²) in [7, 11) is -1.32. The number of hydrogen-bond acceptors (Lipinski definition) is 0. The zero-order valence-corrected chi connectivity index (χ0v) is 12.0. The molecular weight excluding hydrogens is 234 g/mol. The number of rotatable bonds is 2. The van der Waals surface area contributed by atoms with Crippen molar-refractivity contribution in [2.45, 2.75) is 39.4 Å². The van der Waals surface area contributed by atoms with E-state index in [0.29, 0.717) is 0 Å². The molecule has 0 N–H and O–H groups in total. The quantitative estimate of drug-likeness (QED) is 0.498. The molecule has 94 valence electrons. The monoisotopic (exact) mass is 254 g/mol. The summed E-state index contributed by atoms with van der Waals surface area (Å²) in [4.78, 5) is 0. The van der Waals surface area contributed by atoms with Gasteiger partial charge < -0.3 is 0 Å². The second kappa shape index (κ2) is 5.64. The van der Waals surface area contributed by atoms with E-state index < -0.39 is 13.9 Å². The van der Waals surface area contributed by atoms with Crippen LogP contribution < -0.4 is 0 Å². The normalized spacial score (nSPS) is 24.6. The van der Waals surface area contributed by atoms with Crippen LogP contribution >= 0.6 is 0 Å². The van der Waals surface area contributed by atoms with Crippen molar-refractivity contribution >= 4 is 8.07 Å². The fourth-order valence-corrected chi connectivity index (χ4v) is 2.42. The molecule has 0 nitrogen and oxygen atoms in total. The van der Waals surface area contributed by atoms with Gasteiger partial charge in [-0.2, -0.15) is 0 Å². The van der Waals surface area contributed by atoms with Crippen molar-refractivity contribution in [3.63, 3.8) is 0 Å². The van der Waals surface area contributed by atoms with E-state index in [1.807, 2.05) is 0 Å². The van der Waals surface area contributed by atoms with Crippen molar-refractivity contribution in [2.75, 3.05) is 0 Å². The average molecular weight is 254 g/mol. The molecule has 0 saturated heterocycles. The maximum Gasteiger partial charge on any atom is 0.129 e. The first-order chi connectivity index (χ1) is 7.79. The second-order valence-electron chi connectivity index (χ2n) is 5.62. The van der Waals surface area contributed by atoms with E-state index in [2.05, 4.69) is 31.1 Å². The lowest BCUT2D eigenvalue weighted by Gasteiger charge is -2.21. The molecule has 0 radical (unpaired) electrons. The molecule has 0 aliphatic heterocycles. The molecule has 0 spiro atoms. The third-order valence-electron chi connectivity index (χ3n) is 2.79. The summed E-state index contributed by atoms with van der Waals surface area (Å²) in [5.74, 6) is 2.05. The Balaban J connectivity index is 2.53. The van der Waals surface area contributed by atoms with Crippen LogP contribution in [-0.4, -0.2) is 8.07 Å². The summed E-state index contributed by atoms with van der Waals surface area (Å²) in [5.41, 5.74) is 3.26. The molecule has 0 aromatic carbocycles. The summed E-state index contributed by atoms with van der Waals surface area (Å²) in [6.07, 6.45) is 3.95. The minimum absolute atomic E-state index is 0.0593. The highest BCUT2D eigenvalue weighted by Gasteiger charge is 2.23. The number of halogens is 2. The molecule has 1 aliphatic carbocycles. The van der Waals surface area contributed by atoms with Crippen molar-refractivity contribution in [1.29, 1.82) is 0 Å². The molecule has 0 amide bonds. The Morgan fingerprint density at radius 3 is 2.53 bits per heavy atom. The van der Waals surface area contributed by atoms with Crippen molar-refractivity contribution in [3.05, 3.63) is 23.8 Å². The Morgan fingerprint density at radius 2 is 1.94 bits per heavy atom. The van der Waals surface area contributed by atoms with Crippen LogP contribution in [-0.2, 0) is 0 Å². The molecule has 0 heterocycles. The van der Waals surface area contributed by atoms with Gasteiger partial charge in [0.1, 0.15) is 19.7 Å². The van der Waals surface area contributed by atoms with Crippen molar-refractivity contribution in [2.24, 2.45) is 11.8 Å². The van der Waals surface area contributed by atoms with E-state index >= 15 is 0 Å². The zero-order valence-electron chi connectivity index (χ0n) is 11.0. The van der Waals surface area contributed by atoms with Gasteiger partial charge in [0.25, 0.3) is 0 Å². The van der Waals surface area contributed by atoms with Gasteiger partial charge in [-0.15, -0.1) is 11.5 Å². The summed E-state index contributed by atoms with van der Waals surface area (Å²) in [5, 5.41) is 0. The summed E-state index contributed by atoms with van der Waals surface area (Å²) < 4.78 is 26.4. The predicted octanol–water partition coefficient (Wildman–Crippen LogP) is 4.62. The first-order valence-electron chi connectivity index (χ1n) is 6.04. The first-order valence-corrected chi connectivity index (χ1v) is 9.54. The molecule has 2 unspecified atom stereocenters. The highest BCUT2D eigenvalue weighted by Crippen LogP contribution is 2.32. The summed E-state index contributed by atoms with van der Waals surface area (Å²) in [6, 6.07) is 0. The van der Waals surface area contributed by atoms with Crippen LogP contribution in [0.25, 0.3) is 0 Å². The molecule has 2 atom stereocenters. The van der Waals surface area contributed by atoms with Gasteiger partial charge in [-0.25, -0.2) is 8.78 Å². The minimum atomic E-state index is -1.32. The molecule has 17 heavy (non-hydrogen) atoms. The van der Waals surface area contributed by atoms with E-state index in [1.165, 1.54) is 6.08 Å². The van der Waals surface area contributed by atoms with Gasteiger partial charge >= 0.3 is 0 Å². The van der Waals surface area contributed by atoms with Gasteiger partial charge in [-0.3, -0.25) is 0 Å². The average Bonchev–Trinajstić information content (AvgIpc) is 2.18. The smallest absolute Gasteiger partial charge is 0.129 e. The highest BCUT2D eigenvalue weighted by molar-refractivity contribution is 6.83. The van der Waals surface area contributed by atoms with Gasteiger partial charge in [-0.1, -0.05) is 26.6 Å². The third-order valence-corrected chi connectivity index (χ3v) is 3.72. The maximum absolute atomic E-state index is 13.3. The van der Waals surface area contributed by atoms with Gasteiger partial charge in [0.15, 0.2) is 0 Å². The molecule has 0 bridgehead atoms. The first kappa shape index (κ1) is 14.2. The van der Waals surface area contributed by atoms with E-state index in [1.54, 1.807) is 6.92 Å². The fourth-order valence-electron chi connectivity index (χ4n) is 1.76. The Hall–Kier alpha value is -0.883. The second-order valence-corrected chi connectivity index (χ2v) is 10.4. The fraction of sp³-hybridized carbons (Fsp3) is 0.571. The molecule has 3 heteroatoms. The van der Waals surface area contributed by atoms with Crippen molar-refractivity contribution in [1.82, 2.24) is 0 Å². The minimum Gasteiger partial charge on any atom is -0.211 e. The van der Waals surface area contributed by atoms with Crippen LogP contribution in [0.5, 0.6) is 0 Å². The topological polar surface area (TPSA) is 0 Å². The molecular formula is C14H20F2Si. The van der Waals surface area contributed by atoms with Gasteiger partial charge in [0, 0.05) is 18.4 Å². The summed E-state index contributed by atoms with van der Waals surface area (Å²) >= 11 is 0. The standard InChI is InChI=1S/C14H20F2Si/c1-11-12(9-13(15)10-14(11)16)7-5-6-8-17(2,3)4/h9-12H,5,7H2,1-4H3. The Bertz CT molecular complexity index is 391. The SMILES string of the molecule is CC1C(F)=CC(F)=CC1CCC#C[Si](C)(C)C. The molecule has 0 fully saturated rings. The van der Waals surface area contributed by atoms with E-state index in [9.17, 15) is 8.78 Å². The highest BCUT2D eigenvalue weighted by atomic mass is 28.3. The zero-order chi connectivity index (χ0) is 13.1. The third kappa shape index (κ3) is 4.87. The Morgan fingerprint density at radius 1 is 1.29 bits per heavy atom. The predicted molar refractivity (Wildman–Crippen MR) is 71.4 cm³/mol. The molecule has 0 aromatic heterocycles. The summed E-state index contributed by atoms with van der Waals surface area (Å²) in [6.45, 7) is 8.35. The lowest BCUT2D eigenvalue weighted by Crippen LogP contribution is -2.16. The van der Waals surface area contributed by atoms with Crippen LogP contribution in [0.1, 0.15) is 19.8 Å². The van der Waals surface area contributed by atoms with Crippen LogP contribution in [0.2, 0.25) is 19.6 Å². The molecule has 1 rings (SSSR count). The van der Waals surface area contributed by atoms with Gasteiger partial charge in [0.2, 0.25) is 0 Å². The van der Waals surface area contributed by atoms with E-state index in [4.69, 9.17) is 0 Å². The Kier molecular flexibility index (Phi) is 4.70. The van der Waals surface area contributed by atoms with Crippen molar-refractivity contribution < 1.29 is 8.78 Å². The van der Waals surface area contributed by atoms with E-state index in [0.717, 1.165) is 18.9 Å². The van der Waals surface area contributed by atoms with Crippen LogP contribution in [0.3, 0.4) is 0 Å². The lowest BCUT2D eigenvalue weighted by molar-refractivity contribution is 0.369. The van der Waals surface area contributed by atoms with Crippen LogP contribution in [0, 0.1) is 23.3 Å². The largest absolute Gasteiger partial charge is 0.211 e. The molecule has 1 aliphatic rings. The van der Waals surface area contributed by atoms with Gasteiger partial charge in [0.05, 0.1) is 0 Å². The van der Waals surface area contributed by atoms with E-state index in [-0.39, 0.29) is 17.7 Å². The van der Waals surface area contributed by atoms with Crippen LogP contribution in [0.4, 0.5) is 8.78 Å².